The molecular weight excluding hydrogens is 292 g/mol. The molecule has 0 unspecified atom stereocenters. The minimum Gasteiger partial charge on any atom is -0.331 e. The van der Waals surface area contributed by atoms with Gasteiger partial charge in [0.05, 0.1) is 5.69 Å². The van der Waals surface area contributed by atoms with E-state index < -0.39 is 0 Å². The molecule has 0 aliphatic rings. The first-order chi connectivity index (χ1) is 10.7. The Morgan fingerprint density at radius 1 is 1.05 bits per heavy atom. The van der Waals surface area contributed by atoms with Gasteiger partial charge in [0, 0.05) is 11.1 Å². The Kier molecular flexibility index (Phi) is 4.20. The maximum absolute atomic E-state index is 12.3. The molecule has 112 valence electrons. The van der Waals surface area contributed by atoms with Gasteiger partial charge >= 0.3 is 0 Å². The molecule has 2 N–H and O–H groups in total. The van der Waals surface area contributed by atoms with Crippen molar-refractivity contribution in [2.75, 3.05) is 0 Å². The van der Waals surface area contributed by atoms with Crippen LogP contribution in [-0.2, 0) is 6.42 Å². The maximum Gasteiger partial charge on any atom is 0.255 e. The van der Waals surface area contributed by atoms with Crippen molar-refractivity contribution in [2.45, 2.75) is 26.2 Å². The molecule has 0 amide bonds. The van der Waals surface area contributed by atoms with Crippen molar-refractivity contribution in [2.24, 2.45) is 0 Å². The molecule has 0 aliphatic carbocycles. The Labute approximate surface area is 134 Å². The van der Waals surface area contributed by atoms with Gasteiger partial charge in [-0.3, -0.25) is 9.78 Å². The van der Waals surface area contributed by atoms with Gasteiger partial charge in [-0.15, -0.1) is 0 Å². The fourth-order valence-corrected chi connectivity index (χ4v) is 2.97. The molecule has 3 nitrogen and oxygen atoms in total. The largest absolute Gasteiger partial charge is 0.331 e. The van der Waals surface area contributed by atoms with Crippen LogP contribution in [0, 0.1) is 4.77 Å². The summed E-state index contributed by atoms with van der Waals surface area (Å²) >= 11 is 5.17. The summed E-state index contributed by atoms with van der Waals surface area (Å²) in [6.45, 7) is 2.12. The highest BCUT2D eigenvalue weighted by molar-refractivity contribution is 7.71. The zero-order chi connectivity index (χ0) is 15.5. The number of H-pyrrole nitrogens is 2. The highest BCUT2D eigenvalue weighted by atomic mass is 32.1. The normalized spacial score (nSPS) is 11.0. The molecule has 0 fully saturated rings. The number of unbranched alkanes of at least 4 members (excludes halogenated alkanes) is 1. The van der Waals surface area contributed by atoms with E-state index in [1.54, 1.807) is 0 Å². The van der Waals surface area contributed by atoms with Crippen molar-refractivity contribution >= 4 is 23.0 Å². The van der Waals surface area contributed by atoms with Gasteiger partial charge < -0.3 is 4.98 Å². The molecular formula is C18H18N2OS. The van der Waals surface area contributed by atoms with Crippen LogP contribution in [0.3, 0.4) is 0 Å². The van der Waals surface area contributed by atoms with Crippen LogP contribution >= 0.6 is 12.2 Å². The van der Waals surface area contributed by atoms with Gasteiger partial charge in [0.1, 0.15) is 0 Å². The van der Waals surface area contributed by atoms with Gasteiger partial charge in [-0.25, -0.2) is 0 Å². The Morgan fingerprint density at radius 3 is 2.64 bits per heavy atom. The molecule has 22 heavy (non-hydrogen) atoms. The molecule has 0 spiro atoms. The summed E-state index contributed by atoms with van der Waals surface area (Å²) in [6, 6.07) is 14.3. The van der Waals surface area contributed by atoms with Crippen LogP contribution < -0.4 is 5.56 Å². The van der Waals surface area contributed by atoms with Gasteiger partial charge in [0.15, 0.2) is 4.77 Å². The Balaban J connectivity index is 2.30. The van der Waals surface area contributed by atoms with E-state index in [1.165, 1.54) is 0 Å². The topological polar surface area (TPSA) is 48.6 Å². The molecule has 0 atom stereocenters. The first-order valence-corrected chi connectivity index (χ1v) is 7.95. The highest BCUT2D eigenvalue weighted by Crippen LogP contribution is 2.28. The molecule has 1 aromatic heterocycles. The van der Waals surface area contributed by atoms with Crippen molar-refractivity contribution in [3.05, 3.63) is 63.2 Å². The molecule has 0 saturated heterocycles. The van der Waals surface area contributed by atoms with Gasteiger partial charge in [0.2, 0.25) is 0 Å². The third kappa shape index (κ3) is 2.74. The molecule has 0 aliphatic heterocycles. The summed E-state index contributed by atoms with van der Waals surface area (Å²) in [4.78, 5) is 18.2. The second kappa shape index (κ2) is 6.28. The highest BCUT2D eigenvalue weighted by Gasteiger charge is 2.12. The first kappa shape index (κ1) is 14.7. The number of aromatic nitrogens is 2. The van der Waals surface area contributed by atoms with Crippen molar-refractivity contribution in [1.29, 1.82) is 0 Å². The average Bonchev–Trinajstić information content (AvgIpc) is 2.53. The van der Waals surface area contributed by atoms with E-state index in [1.807, 2.05) is 24.3 Å². The predicted molar refractivity (Wildman–Crippen MR) is 93.8 cm³/mol. The zero-order valence-corrected chi connectivity index (χ0v) is 13.3. The summed E-state index contributed by atoms with van der Waals surface area (Å²) < 4.78 is 0.369. The van der Waals surface area contributed by atoms with Crippen LogP contribution in [0.15, 0.2) is 47.3 Å². The summed E-state index contributed by atoms with van der Waals surface area (Å²) in [7, 11) is 0. The monoisotopic (exact) mass is 310 g/mol. The lowest BCUT2D eigenvalue weighted by molar-refractivity contribution is 0.782. The number of hydrogen-bond donors (Lipinski definition) is 2. The van der Waals surface area contributed by atoms with E-state index in [-0.39, 0.29) is 5.56 Å². The van der Waals surface area contributed by atoms with Crippen molar-refractivity contribution in [3.8, 4) is 11.3 Å². The van der Waals surface area contributed by atoms with Crippen molar-refractivity contribution < 1.29 is 0 Å². The second-order valence-corrected chi connectivity index (χ2v) is 5.80. The van der Waals surface area contributed by atoms with Crippen molar-refractivity contribution in [1.82, 2.24) is 9.97 Å². The fourth-order valence-electron chi connectivity index (χ4n) is 2.78. The summed E-state index contributed by atoms with van der Waals surface area (Å²) in [6.07, 6.45) is 2.77. The van der Waals surface area contributed by atoms with Crippen molar-refractivity contribution in [3.63, 3.8) is 0 Å². The van der Waals surface area contributed by atoms with E-state index in [9.17, 15) is 4.79 Å². The summed E-state index contributed by atoms with van der Waals surface area (Å²) in [5.74, 6) is 0. The Bertz CT molecular complexity index is 919. The molecule has 2 aromatic carbocycles. The number of nitrogens with one attached hydrogen (secondary N) is 2. The molecule has 3 aromatic rings. The van der Waals surface area contributed by atoms with Crippen LogP contribution in [0.25, 0.3) is 22.0 Å². The van der Waals surface area contributed by atoms with E-state index in [4.69, 9.17) is 12.2 Å². The lowest BCUT2D eigenvalue weighted by Crippen LogP contribution is -2.16. The van der Waals surface area contributed by atoms with Crippen LogP contribution in [0.2, 0.25) is 0 Å². The van der Waals surface area contributed by atoms with Gasteiger partial charge in [0.25, 0.3) is 5.56 Å². The Hall–Kier alpha value is -2.20. The predicted octanol–water partition coefficient (Wildman–Crippen LogP) is 4.60. The maximum atomic E-state index is 12.3. The number of hydrogen-bond acceptors (Lipinski definition) is 2. The van der Waals surface area contributed by atoms with Gasteiger partial charge in [-0.1, -0.05) is 55.8 Å². The average molecular weight is 310 g/mol. The SMILES string of the molecule is CCCCc1c(-c2cccc3ccccc23)[nH]c(=S)[nH]c1=O. The Morgan fingerprint density at radius 2 is 1.82 bits per heavy atom. The molecule has 0 saturated carbocycles. The molecule has 1 heterocycles. The summed E-state index contributed by atoms with van der Waals surface area (Å²) in [5.41, 5.74) is 2.58. The number of rotatable bonds is 4. The van der Waals surface area contributed by atoms with Gasteiger partial charge in [-0.2, -0.15) is 0 Å². The number of aromatic amines is 2. The number of benzene rings is 2. The van der Waals surface area contributed by atoms with Crippen LogP contribution in [0.4, 0.5) is 0 Å². The zero-order valence-electron chi connectivity index (χ0n) is 12.5. The molecule has 3 rings (SSSR count). The third-order valence-corrected chi connectivity index (χ3v) is 4.08. The fraction of sp³-hybridized carbons (Fsp3) is 0.222. The molecule has 0 bridgehead atoms. The van der Waals surface area contributed by atoms with Gasteiger partial charge in [-0.05, 0) is 35.8 Å². The van der Waals surface area contributed by atoms with E-state index in [2.05, 4.69) is 35.1 Å². The smallest absolute Gasteiger partial charge is 0.255 e. The second-order valence-electron chi connectivity index (χ2n) is 5.39. The first-order valence-electron chi connectivity index (χ1n) is 7.54. The van der Waals surface area contributed by atoms with Crippen LogP contribution in [0.5, 0.6) is 0 Å². The van der Waals surface area contributed by atoms with Crippen LogP contribution in [0.1, 0.15) is 25.3 Å². The lowest BCUT2D eigenvalue weighted by Gasteiger charge is -2.11. The minimum absolute atomic E-state index is 0.0832. The molecule has 0 radical (unpaired) electrons. The van der Waals surface area contributed by atoms with E-state index in [0.29, 0.717) is 4.77 Å². The number of fused-ring (bicyclic) bond motifs is 1. The minimum atomic E-state index is -0.0832. The third-order valence-electron chi connectivity index (χ3n) is 3.88. The summed E-state index contributed by atoms with van der Waals surface area (Å²) in [5, 5.41) is 2.28. The van der Waals surface area contributed by atoms with E-state index >= 15 is 0 Å². The van der Waals surface area contributed by atoms with Crippen LogP contribution in [-0.4, -0.2) is 9.97 Å². The lowest BCUT2D eigenvalue weighted by atomic mass is 9.97. The standard InChI is InChI=1S/C18H18N2OS/c1-2-3-9-15-16(19-18(22)20-17(15)21)14-11-6-8-12-7-4-5-10-13(12)14/h4-8,10-11H,2-3,9H2,1H3,(H2,19,20,21,22). The van der Waals surface area contributed by atoms with E-state index in [0.717, 1.165) is 46.9 Å². The quantitative estimate of drug-likeness (QED) is 0.692. The molecule has 4 heteroatoms.